The van der Waals surface area contributed by atoms with Crippen LogP contribution in [-0.4, -0.2) is 33.3 Å². The van der Waals surface area contributed by atoms with Crippen LogP contribution in [0.1, 0.15) is 36.8 Å². The van der Waals surface area contributed by atoms with Gasteiger partial charge >= 0.3 is 6.03 Å². The second-order valence-electron chi connectivity index (χ2n) is 8.13. The highest BCUT2D eigenvalue weighted by molar-refractivity contribution is 7.99. The quantitative estimate of drug-likeness (QED) is 0.455. The summed E-state index contributed by atoms with van der Waals surface area (Å²) in [5.74, 6) is -0.464. The minimum atomic E-state index is -0.471. The van der Waals surface area contributed by atoms with Crippen molar-refractivity contribution in [1.29, 1.82) is 0 Å². The molecule has 0 radical (unpaired) electrons. The first kappa shape index (κ1) is 22.1. The first-order valence-corrected chi connectivity index (χ1v) is 11.7. The number of carbonyl (C=O) groups excluding carboxylic acids is 2. The summed E-state index contributed by atoms with van der Waals surface area (Å²) < 4.78 is 1.56. The summed E-state index contributed by atoms with van der Waals surface area (Å²) in [6, 6.07) is 12.7. The maximum absolute atomic E-state index is 13.4. The van der Waals surface area contributed by atoms with Crippen LogP contribution in [0.2, 0.25) is 0 Å². The lowest BCUT2D eigenvalue weighted by Gasteiger charge is -2.16. The van der Waals surface area contributed by atoms with Crippen molar-refractivity contribution in [2.75, 3.05) is 5.75 Å². The summed E-state index contributed by atoms with van der Waals surface area (Å²) in [6.45, 7) is 3.90. The first-order valence-electron chi connectivity index (χ1n) is 10.7. The molecule has 32 heavy (non-hydrogen) atoms. The Morgan fingerprint density at radius 3 is 2.66 bits per heavy atom. The second kappa shape index (κ2) is 9.56. The number of urea groups is 1. The van der Waals surface area contributed by atoms with Gasteiger partial charge in [-0.2, -0.15) is 0 Å². The van der Waals surface area contributed by atoms with Crippen molar-refractivity contribution in [3.63, 3.8) is 0 Å². The van der Waals surface area contributed by atoms with Crippen molar-refractivity contribution in [3.8, 4) is 5.69 Å². The molecule has 0 unspecified atom stereocenters. The van der Waals surface area contributed by atoms with Crippen LogP contribution in [0.3, 0.4) is 0 Å². The minimum Gasteiger partial charge on any atom is -0.335 e. The third-order valence-electron chi connectivity index (χ3n) is 5.63. The fraction of sp³-hybridized carbons (Fsp3) is 0.333. The van der Waals surface area contributed by atoms with Gasteiger partial charge in [0.1, 0.15) is 0 Å². The largest absolute Gasteiger partial charge is 0.335 e. The Hall–Kier alpha value is -3.13. The maximum Gasteiger partial charge on any atom is 0.321 e. The van der Waals surface area contributed by atoms with Crippen LogP contribution in [-0.2, 0) is 4.79 Å². The average molecular weight is 451 g/mol. The Labute approximate surface area is 190 Å². The molecule has 1 saturated carbocycles. The number of carbonyl (C=O) groups is 2. The number of aromatic nitrogens is 2. The molecule has 8 heteroatoms. The monoisotopic (exact) mass is 450 g/mol. The molecule has 0 saturated heterocycles. The molecule has 2 aromatic carbocycles. The molecule has 1 heterocycles. The summed E-state index contributed by atoms with van der Waals surface area (Å²) in [6.07, 6.45) is 4.08. The highest BCUT2D eigenvalue weighted by Crippen LogP contribution is 2.24. The van der Waals surface area contributed by atoms with Gasteiger partial charge in [-0.1, -0.05) is 48.9 Å². The van der Waals surface area contributed by atoms with E-state index in [4.69, 9.17) is 0 Å². The summed E-state index contributed by atoms with van der Waals surface area (Å²) >= 11 is 1.14. The zero-order valence-corrected chi connectivity index (χ0v) is 19.0. The van der Waals surface area contributed by atoms with E-state index in [2.05, 4.69) is 15.6 Å². The number of nitrogens with zero attached hydrogens (tertiary/aromatic N) is 2. The Bertz CT molecular complexity index is 1230. The van der Waals surface area contributed by atoms with Crippen molar-refractivity contribution in [1.82, 2.24) is 20.2 Å². The van der Waals surface area contributed by atoms with Crippen LogP contribution in [0.15, 0.2) is 52.4 Å². The third-order valence-corrected chi connectivity index (χ3v) is 6.56. The van der Waals surface area contributed by atoms with E-state index in [0.717, 1.165) is 54.3 Å². The average Bonchev–Trinajstić information content (AvgIpc) is 3.27. The molecule has 1 fully saturated rings. The summed E-state index contributed by atoms with van der Waals surface area (Å²) in [5, 5.41) is 6.15. The van der Waals surface area contributed by atoms with Crippen molar-refractivity contribution >= 4 is 34.6 Å². The van der Waals surface area contributed by atoms with Crippen molar-refractivity contribution in [2.45, 2.75) is 50.7 Å². The van der Waals surface area contributed by atoms with E-state index in [1.54, 1.807) is 16.7 Å². The van der Waals surface area contributed by atoms with Gasteiger partial charge in [-0.3, -0.25) is 19.5 Å². The normalized spacial score (nSPS) is 13.9. The number of thioether (sulfide) groups is 1. The van der Waals surface area contributed by atoms with Gasteiger partial charge < -0.3 is 5.32 Å². The zero-order valence-electron chi connectivity index (χ0n) is 18.2. The van der Waals surface area contributed by atoms with Gasteiger partial charge in [-0.05, 0) is 56.0 Å². The first-order chi connectivity index (χ1) is 15.4. The van der Waals surface area contributed by atoms with Crippen LogP contribution in [0.5, 0.6) is 0 Å². The third kappa shape index (κ3) is 4.85. The van der Waals surface area contributed by atoms with Crippen molar-refractivity contribution in [3.05, 3.63) is 63.9 Å². The maximum atomic E-state index is 13.4. The molecule has 2 N–H and O–H groups in total. The van der Waals surface area contributed by atoms with E-state index in [0.29, 0.717) is 16.1 Å². The van der Waals surface area contributed by atoms with E-state index in [9.17, 15) is 14.4 Å². The number of imide groups is 1. The lowest BCUT2D eigenvalue weighted by Crippen LogP contribution is -2.44. The predicted octanol–water partition coefficient (Wildman–Crippen LogP) is 3.86. The van der Waals surface area contributed by atoms with E-state index in [-0.39, 0.29) is 17.4 Å². The highest BCUT2D eigenvalue weighted by atomic mass is 32.2. The SMILES string of the molecule is Cc1ccc(C)c(-n2c(SCC(=O)NC(=O)NC3CCCC3)nc3ccccc3c2=O)c1. The number of hydrogen-bond donors (Lipinski definition) is 2. The Balaban J connectivity index is 1.60. The Morgan fingerprint density at radius 2 is 1.88 bits per heavy atom. The number of rotatable bonds is 5. The van der Waals surface area contributed by atoms with Gasteiger partial charge in [-0.15, -0.1) is 0 Å². The molecule has 0 aliphatic heterocycles. The van der Waals surface area contributed by atoms with E-state index < -0.39 is 11.9 Å². The number of fused-ring (bicyclic) bond motifs is 1. The van der Waals surface area contributed by atoms with Gasteiger partial charge in [0.25, 0.3) is 5.56 Å². The molecular weight excluding hydrogens is 424 g/mol. The second-order valence-corrected chi connectivity index (χ2v) is 9.08. The van der Waals surface area contributed by atoms with Gasteiger partial charge in [0.05, 0.1) is 22.3 Å². The number of amides is 3. The van der Waals surface area contributed by atoms with Crippen LogP contribution in [0.4, 0.5) is 4.79 Å². The zero-order chi connectivity index (χ0) is 22.7. The van der Waals surface area contributed by atoms with E-state index >= 15 is 0 Å². The van der Waals surface area contributed by atoms with Crippen molar-refractivity contribution < 1.29 is 9.59 Å². The number of nitrogens with one attached hydrogen (secondary N) is 2. The topological polar surface area (TPSA) is 93.1 Å². The summed E-state index contributed by atoms with van der Waals surface area (Å²) in [7, 11) is 0. The van der Waals surface area contributed by atoms with Gasteiger partial charge in [-0.25, -0.2) is 9.78 Å². The molecule has 166 valence electrons. The van der Waals surface area contributed by atoms with Gasteiger partial charge in [0.15, 0.2) is 5.16 Å². The molecule has 3 aromatic rings. The molecule has 0 bridgehead atoms. The molecule has 0 atom stereocenters. The Morgan fingerprint density at radius 1 is 1.12 bits per heavy atom. The molecule has 1 aliphatic carbocycles. The smallest absolute Gasteiger partial charge is 0.321 e. The molecule has 3 amide bonds. The highest BCUT2D eigenvalue weighted by Gasteiger charge is 2.20. The van der Waals surface area contributed by atoms with Crippen LogP contribution < -0.4 is 16.2 Å². The molecular formula is C24H26N4O3S. The van der Waals surface area contributed by atoms with E-state index in [1.165, 1.54) is 0 Å². The standard InChI is InChI=1S/C24H26N4O3S/c1-15-11-12-16(2)20(13-15)28-22(30)18-9-5-6-10-19(18)26-24(28)32-14-21(29)27-23(31)25-17-7-3-4-8-17/h5-6,9-13,17H,3-4,7-8,14H2,1-2H3,(H2,25,27,29,31). The summed E-state index contributed by atoms with van der Waals surface area (Å²) in [4.78, 5) is 42.5. The van der Waals surface area contributed by atoms with Crippen molar-refractivity contribution in [2.24, 2.45) is 0 Å². The molecule has 1 aromatic heterocycles. The van der Waals surface area contributed by atoms with Crippen LogP contribution in [0.25, 0.3) is 16.6 Å². The molecule has 0 spiro atoms. The Kier molecular flexibility index (Phi) is 6.60. The number of hydrogen-bond acceptors (Lipinski definition) is 5. The van der Waals surface area contributed by atoms with E-state index in [1.807, 2.05) is 44.2 Å². The lowest BCUT2D eigenvalue weighted by molar-refractivity contribution is -0.117. The minimum absolute atomic E-state index is 0.0340. The fourth-order valence-electron chi connectivity index (χ4n) is 3.97. The number of benzene rings is 2. The number of aryl methyl sites for hydroxylation is 2. The summed E-state index contributed by atoms with van der Waals surface area (Å²) in [5.41, 5.74) is 3.06. The van der Waals surface area contributed by atoms with Crippen LogP contribution in [0, 0.1) is 13.8 Å². The number of para-hydroxylation sites is 1. The fourth-order valence-corrected chi connectivity index (χ4v) is 4.77. The van der Waals surface area contributed by atoms with Gasteiger partial charge in [0, 0.05) is 6.04 Å². The van der Waals surface area contributed by atoms with Crippen LogP contribution >= 0.6 is 11.8 Å². The molecule has 7 nitrogen and oxygen atoms in total. The predicted molar refractivity (Wildman–Crippen MR) is 126 cm³/mol. The molecule has 4 rings (SSSR count). The lowest BCUT2D eigenvalue weighted by atomic mass is 10.1. The molecule has 1 aliphatic rings. The van der Waals surface area contributed by atoms with Gasteiger partial charge in [0.2, 0.25) is 5.91 Å².